The van der Waals surface area contributed by atoms with Crippen LogP contribution in [0.3, 0.4) is 0 Å². The van der Waals surface area contributed by atoms with E-state index in [0.29, 0.717) is 0 Å². The summed E-state index contributed by atoms with van der Waals surface area (Å²) in [5, 5.41) is 2.21. The summed E-state index contributed by atoms with van der Waals surface area (Å²) in [7, 11) is 0. The number of hydrogen-bond acceptors (Lipinski definition) is 2. The lowest BCUT2D eigenvalue weighted by Crippen LogP contribution is -2.21. The summed E-state index contributed by atoms with van der Waals surface area (Å²) < 4.78 is 13.7. The van der Waals surface area contributed by atoms with Gasteiger partial charge in [-0.2, -0.15) is 0 Å². The minimum absolute atomic E-state index is 0.0912. The highest BCUT2D eigenvalue weighted by Crippen LogP contribution is 2.49. The molecule has 2 heteroatoms. The van der Waals surface area contributed by atoms with Crippen molar-refractivity contribution in [2.75, 3.05) is 0 Å². The Hall–Kier alpha value is -8.72. The van der Waals surface area contributed by atoms with Crippen LogP contribution < -0.4 is 4.74 Å². The fourth-order valence-electron chi connectivity index (χ4n) is 10.4. The van der Waals surface area contributed by atoms with E-state index in [1.54, 1.807) is 0 Å². The van der Waals surface area contributed by atoms with Crippen molar-refractivity contribution >= 4 is 27.5 Å². The molecule has 68 heavy (non-hydrogen) atoms. The third kappa shape index (κ3) is 7.15. The van der Waals surface area contributed by atoms with Crippen molar-refractivity contribution in [3.8, 4) is 83.6 Å². The van der Waals surface area contributed by atoms with E-state index in [4.69, 9.17) is 9.15 Å². The molecular weight excluding hydrogens is 825 g/mol. The van der Waals surface area contributed by atoms with Crippen molar-refractivity contribution < 1.29 is 9.15 Å². The van der Waals surface area contributed by atoms with Crippen molar-refractivity contribution in [3.63, 3.8) is 0 Å². The first-order valence-corrected chi connectivity index (χ1v) is 23.4. The first-order chi connectivity index (χ1) is 33.7. The van der Waals surface area contributed by atoms with E-state index in [1.807, 2.05) is 0 Å². The summed E-state index contributed by atoms with van der Waals surface area (Å²) in [5.74, 6) is 0.971. The molecule has 2 unspecified atom stereocenters. The SMILES string of the molecule is C1=CC2c3cc4c(cc3OC2C(c2ccc(-c3cc(-c5ccccc5)cc(-c5ccccc5)c3)cc2)=C1)oc1c(-c2ccc(-c3cc(-c5ccccc5)cc(-c5ccccc5)c3)cc2)cccc14. The Morgan fingerprint density at radius 3 is 1.22 bits per heavy atom. The summed E-state index contributed by atoms with van der Waals surface area (Å²) in [4.78, 5) is 0. The van der Waals surface area contributed by atoms with Gasteiger partial charge in [-0.25, -0.2) is 0 Å². The van der Waals surface area contributed by atoms with Crippen LogP contribution in [0.5, 0.6) is 5.75 Å². The van der Waals surface area contributed by atoms with Gasteiger partial charge in [0.25, 0.3) is 0 Å². The second kappa shape index (κ2) is 16.6. The average molecular weight is 869 g/mol. The fourth-order valence-corrected chi connectivity index (χ4v) is 10.4. The van der Waals surface area contributed by atoms with E-state index in [0.717, 1.165) is 44.4 Å². The molecule has 0 bridgehead atoms. The van der Waals surface area contributed by atoms with Gasteiger partial charge < -0.3 is 9.15 Å². The van der Waals surface area contributed by atoms with Crippen LogP contribution in [0.15, 0.2) is 259 Å². The standard InChI is InChI=1S/C66H44O2/c1-5-15-43(16-6-1)51-35-52(44-17-7-2-8-18-44)38-55(37-51)47-27-31-49(32-28-47)57-23-13-25-59-61-41-62-60-26-14-24-58(66(60)68-64(62)42-63(61)67-65(57)59)50-33-29-48(30-34-50)56-39-53(45-19-9-3-10-20-45)36-54(40-56)46-21-11-4-12-22-46/h1-42,59,65H. The van der Waals surface area contributed by atoms with Crippen molar-refractivity contribution in [1.82, 2.24) is 0 Å². The lowest BCUT2D eigenvalue weighted by molar-refractivity contribution is 0.278. The molecule has 1 aliphatic heterocycles. The van der Waals surface area contributed by atoms with Crippen molar-refractivity contribution in [1.29, 1.82) is 0 Å². The molecule has 0 amide bonds. The Bertz CT molecular complexity index is 3600. The van der Waals surface area contributed by atoms with Gasteiger partial charge in [0, 0.05) is 39.5 Å². The van der Waals surface area contributed by atoms with Crippen LogP contribution in [-0.2, 0) is 0 Å². The van der Waals surface area contributed by atoms with Crippen molar-refractivity contribution in [2.45, 2.75) is 12.0 Å². The van der Waals surface area contributed by atoms with Crippen LogP contribution in [0, 0.1) is 0 Å². The van der Waals surface area contributed by atoms with Crippen LogP contribution in [0.4, 0.5) is 0 Å². The molecular formula is C66H44O2. The number of rotatable bonds is 8. The van der Waals surface area contributed by atoms with Gasteiger partial charge in [-0.05, 0) is 120 Å². The Morgan fingerprint density at radius 1 is 0.324 bits per heavy atom. The van der Waals surface area contributed by atoms with E-state index in [-0.39, 0.29) is 12.0 Å². The topological polar surface area (TPSA) is 22.4 Å². The van der Waals surface area contributed by atoms with Gasteiger partial charge in [0.1, 0.15) is 23.0 Å². The van der Waals surface area contributed by atoms with E-state index in [9.17, 15) is 0 Å². The van der Waals surface area contributed by atoms with Crippen LogP contribution in [-0.4, -0.2) is 6.10 Å². The molecule has 10 aromatic carbocycles. The molecule has 11 aromatic rings. The predicted octanol–water partition coefficient (Wildman–Crippen LogP) is 17.8. The molecule has 0 radical (unpaired) electrons. The molecule has 1 aromatic heterocycles. The summed E-state index contributed by atoms with van der Waals surface area (Å²) in [6, 6.07) is 85.1. The van der Waals surface area contributed by atoms with Gasteiger partial charge >= 0.3 is 0 Å². The molecule has 13 rings (SSSR count). The maximum absolute atomic E-state index is 6.89. The molecule has 0 saturated carbocycles. The Labute approximate surface area is 396 Å². The number of ether oxygens (including phenoxy) is 1. The first kappa shape index (κ1) is 39.6. The third-order valence-corrected chi connectivity index (χ3v) is 13.8. The van der Waals surface area contributed by atoms with Crippen LogP contribution in [0.2, 0.25) is 0 Å². The molecule has 0 fully saturated rings. The first-order valence-electron chi connectivity index (χ1n) is 23.4. The predicted molar refractivity (Wildman–Crippen MR) is 282 cm³/mol. The van der Waals surface area contributed by atoms with E-state index in [2.05, 4.69) is 255 Å². The molecule has 0 spiro atoms. The van der Waals surface area contributed by atoms with Gasteiger partial charge in [0.15, 0.2) is 0 Å². The Morgan fingerprint density at radius 2 is 0.750 bits per heavy atom. The van der Waals surface area contributed by atoms with Gasteiger partial charge in [0.05, 0.1) is 0 Å². The highest BCUT2D eigenvalue weighted by Gasteiger charge is 2.38. The molecule has 2 heterocycles. The lowest BCUT2D eigenvalue weighted by atomic mass is 9.83. The quantitative estimate of drug-likeness (QED) is 0.152. The van der Waals surface area contributed by atoms with E-state index in [1.165, 1.54) is 77.9 Å². The Balaban J connectivity index is 0.789. The molecule has 2 atom stereocenters. The summed E-state index contributed by atoms with van der Waals surface area (Å²) >= 11 is 0. The fraction of sp³-hybridized carbons (Fsp3) is 0.0303. The van der Waals surface area contributed by atoms with Crippen molar-refractivity contribution in [2.24, 2.45) is 0 Å². The van der Waals surface area contributed by atoms with Gasteiger partial charge in [-0.1, -0.05) is 206 Å². The van der Waals surface area contributed by atoms with E-state index >= 15 is 0 Å². The minimum Gasteiger partial charge on any atom is -0.484 e. The summed E-state index contributed by atoms with van der Waals surface area (Å²) in [5.41, 5.74) is 21.8. The van der Waals surface area contributed by atoms with Crippen LogP contribution in [0.1, 0.15) is 17.0 Å². The lowest BCUT2D eigenvalue weighted by Gasteiger charge is -2.23. The highest BCUT2D eigenvalue weighted by atomic mass is 16.5. The molecule has 0 N–H and O–H groups in total. The number of allylic oxidation sites excluding steroid dienone is 2. The number of hydrogen-bond donors (Lipinski definition) is 0. The summed E-state index contributed by atoms with van der Waals surface area (Å²) in [6.45, 7) is 0. The molecule has 2 nitrogen and oxygen atoms in total. The zero-order valence-electron chi connectivity index (χ0n) is 37.2. The van der Waals surface area contributed by atoms with Crippen LogP contribution in [0.25, 0.3) is 105 Å². The molecule has 1 aliphatic carbocycles. The normalized spacial score (nSPS) is 14.9. The molecule has 320 valence electrons. The zero-order valence-corrected chi connectivity index (χ0v) is 37.2. The largest absolute Gasteiger partial charge is 0.484 e. The zero-order chi connectivity index (χ0) is 45.0. The minimum atomic E-state index is -0.129. The van der Waals surface area contributed by atoms with Gasteiger partial charge in [-0.15, -0.1) is 0 Å². The smallest absolute Gasteiger partial charge is 0.143 e. The average Bonchev–Trinajstić information content (AvgIpc) is 3.98. The Kier molecular flexibility index (Phi) is 9.68. The number of fused-ring (bicyclic) bond motifs is 6. The highest BCUT2D eigenvalue weighted by molar-refractivity contribution is 6.10. The van der Waals surface area contributed by atoms with Gasteiger partial charge in [-0.3, -0.25) is 0 Å². The number of furan rings is 1. The molecule has 2 aliphatic rings. The molecule has 0 saturated heterocycles. The third-order valence-electron chi connectivity index (χ3n) is 13.8. The number of benzene rings is 10. The van der Waals surface area contributed by atoms with Crippen molar-refractivity contribution in [3.05, 3.63) is 266 Å². The number of para-hydroxylation sites is 1. The van der Waals surface area contributed by atoms with Crippen LogP contribution >= 0.6 is 0 Å². The second-order valence-electron chi connectivity index (χ2n) is 18.0. The second-order valence-corrected chi connectivity index (χ2v) is 18.0. The summed E-state index contributed by atoms with van der Waals surface area (Å²) in [6.07, 6.45) is 6.56. The van der Waals surface area contributed by atoms with Gasteiger partial charge in [0.2, 0.25) is 0 Å². The van der Waals surface area contributed by atoms with E-state index < -0.39 is 0 Å². The monoisotopic (exact) mass is 868 g/mol. The maximum Gasteiger partial charge on any atom is 0.143 e. The maximum atomic E-state index is 6.89.